The maximum absolute atomic E-state index is 4.31. The average Bonchev–Trinajstić information content (AvgIpc) is 2.30. The quantitative estimate of drug-likeness (QED) is 0.763. The zero-order valence-corrected chi connectivity index (χ0v) is 9.11. The van der Waals surface area contributed by atoms with E-state index in [9.17, 15) is 0 Å². The highest BCUT2D eigenvalue weighted by atomic mass is 14.9. The lowest BCUT2D eigenvalue weighted by molar-refractivity contribution is 0.517. The van der Waals surface area contributed by atoms with E-state index in [2.05, 4.69) is 27.4 Å². The summed E-state index contributed by atoms with van der Waals surface area (Å²) in [6.45, 7) is 2.76. The van der Waals surface area contributed by atoms with Crippen LogP contribution in [0.15, 0.2) is 24.5 Å². The maximum atomic E-state index is 4.31. The first-order chi connectivity index (χ1) is 7.34. The molecule has 1 heterocycles. The molecular formula is C12H17N3. The van der Waals surface area contributed by atoms with Gasteiger partial charge in [-0.3, -0.25) is 9.97 Å². The molecule has 1 unspecified atom stereocenters. The van der Waals surface area contributed by atoms with Crippen LogP contribution in [0.25, 0.3) is 0 Å². The fourth-order valence-corrected chi connectivity index (χ4v) is 1.73. The van der Waals surface area contributed by atoms with Gasteiger partial charge in [0, 0.05) is 25.0 Å². The number of hydrogen-bond donors (Lipinski definition) is 1. The second-order valence-corrected chi connectivity index (χ2v) is 4.00. The molecule has 1 aliphatic rings. The van der Waals surface area contributed by atoms with Gasteiger partial charge in [0.1, 0.15) is 0 Å². The minimum atomic E-state index is 0.516. The van der Waals surface area contributed by atoms with Crippen molar-refractivity contribution in [2.45, 2.75) is 38.8 Å². The lowest BCUT2D eigenvalue weighted by Gasteiger charge is -2.17. The highest BCUT2D eigenvalue weighted by molar-refractivity contribution is 5.02. The Balaban J connectivity index is 1.84. The molecule has 3 heteroatoms. The number of hydrogen-bond acceptors (Lipinski definition) is 3. The predicted molar refractivity (Wildman–Crippen MR) is 60.4 cm³/mol. The molecule has 1 aliphatic carbocycles. The molecule has 0 fully saturated rings. The van der Waals surface area contributed by atoms with E-state index < -0.39 is 0 Å². The minimum absolute atomic E-state index is 0.516. The van der Waals surface area contributed by atoms with Crippen molar-refractivity contribution in [3.05, 3.63) is 35.9 Å². The van der Waals surface area contributed by atoms with Crippen LogP contribution in [-0.4, -0.2) is 16.0 Å². The molecule has 0 bridgehead atoms. The van der Waals surface area contributed by atoms with Crippen LogP contribution in [0.2, 0.25) is 0 Å². The Morgan fingerprint density at radius 3 is 3.00 bits per heavy atom. The van der Waals surface area contributed by atoms with Gasteiger partial charge in [0.2, 0.25) is 0 Å². The van der Waals surface area contributed by atoms with Crippen LogP contribution in [-0.2, 0) is 6.54 Å². The topological polar surface area (TPSA) is 37.8 Å². The first-order valence-electron chi connectivity index (χ1n) is 5.52. The van der Waals surface area contributed by atoms with Crippen molar-refractivity contribution in [2.24, 2.45) is 0 Å². The van der Waals surface area contributed by atoms with Crippen LogP contribution in [0.4, 0.5) is 0 Å². The number of rotatable bonds is 3. The molecule has 0 saturated heterocycles. The van der Waals surface area contributed by atoms with Gasteiger partial charge < -0.3 is 5.32 Å². The number of nitrogens with one attached hydrogen (secondary N) is 1. The highest BCUT2D eigenvalue weighted by Gasteiger charge is 2.07. The fraction of sp³-hybridized carbons (Fsp3) is 0.500. The molecule has 0 aliphatic heterocycles. The summed E-state index contributed by atoms with van der Waals surface area (Å²) in [5.74, 6) is 0. The standard InChI is InChI=1S/C12H17N3/c1-10-7-14-12(8-13-10)9-15-11-5-3-2-4-6-11/h3,5,7-8,11,15H,2,4,6,9H2,1H3. The first kappa shape index (κ1) is 10.3. The van der Waals surface area contributed by atoms with E-state index in [4.69, 9.17) is 0 Å². The Hall–Kier alpha value is -1.22. The van der Waals surface area contributed by atoms with Gasteiger partial charge >= 0.3 is 0 Å². The van der Waals surface area contributed by atoms with Gasteiger partial charge in [-0.1, -0.05) is 12.2 Å². The van der Waals surface area contributed by atoms with Crippen LogP contribution >= 0.6 is 0 Å². The molecule has 15 heavy (non-hydrogen) atoms. The number of aromatic nitrogens is 2. The van der Waals surface area contributed by atoms with Gasteiger partial charge in [-0.15, -0.1) is 0 Å². The summed E-state index contributed by atoms with van der Waals surface area (Å²) in [7, 11) is 0. The number of aryl methyl sites for hydroxylation is 1. The Bertz CT molecular complexity index is 329. The van der Waals surface area contributed by atoms with Crippen LogP contribution in [0.1, 0.15) is 30.7 Å². The van der Waals surface area contributed by atoms with E-state index in [-0.39, 0.29) is 0 Å². The first-order valence-corrected chi connectivity index (χ1v) is 5.52. The summed E-state index contributed by atoms with van der Waals surface area (Å²) in [5.41, 5.74) is 1.98. The van der Waals surface area contributed by atoms with Crippen LogP contribution in [0.3, 0.4) is 0 Å². The van der Waals surface area contributed by atoms with Crippen LogP contribution in [0.5, 0.6) is 0 Å². The fourth-order valence-electron chi connectivity index (χ4n) is 1.73. The zero-order chi connectivity index (χ0) is 10.5. The number of allylic oxidation sites excluding steroid dienone is 1. The monoisotopic (exact) mass is 203 g/mol. The van der Waals surface area contributed by atoms with Crippen molar-refractivity contribution in [1.82, 2.24) is 15.3 Å². The van der Waals surface area contributed by atoms with Crippen molar-refractivity contribution in [1.29, 1.82) is 0 Å². The van der Waals surface area contributed by atoms with E-state index in [0.717, 1.165) is 17.9 Å². The largest absolute Gasteiger partial charge is 0.305 e. The van der Waals surface area contributed by atoms with E-state index in [1.54, 1.807) is 0 Å². The van der Waals surface area contributed by atoms with Gasteiger partial charge in [-0.2, -0.15) is 0 Å². The van der Waals surface area contributed by atoms with Gasteiger partial charge in [-0.25, -0.2) is 0 Å². The second-order valence-electron chi connectivity index (χ2n) is 4.00. The van der Waals surface area contributed by atoms with E-state index >= 15 is 0 Å². The normalized spacial score (nSPS) is 20.5. The molecule has 1 N–H and O–H groups in total. The molecule has 1 aromatic rings. The molecule has 1 aromatic heterocycles. The summed E-state index contributed by atoms with van der Waals surface area (Å²) in [6, 6.07) is 0.516. The zero-order valence-electron chi connectivity index (χ0n) is 9.11. The SMILES string of the molecule is Cc1cnc(CNC2C=CCCC2)cn1. The molecule has 3 nitrogen and oxygen atoms in total. The Morgan fingerprint density at radius 2 is 2.33 bits per heavy atom. The summed E-state index contributed by atoms with van der Waals surface area (Å²) in [4.78, 5) is 8.54. The molecule has 0 amide bonds. The molecule has 0 aromatic carbocycles. The molecule has 0 saturated carbocycles. The van der Waals surface area contributed by atoms with Crippen molar-refractivity contribution < 1.29 is 0 Å². The van der Waals surface area contributed by atoms with Crippen molar-refractivity contribution >= 4 is 0 Å². The minimum Gasteiger partial charge on any atom is -0.305 e. The average molecular weight is 203 g/mol. The predicted octanol–water partition coefficient (Wildman–Crippen LogP) is 1.98. The van der Waals surface area contributed by atoms with Gasteiger partial charge in [0.05, 0.1) is 11.4 Å². The summed E-state index contributed by atoms with van der Waals surface area (Å²) >= 11 is 0. The molecule has 1 atom stereocenters. The third kappa shape index (κ3) is 3.13. The lowest BCUT2D eigenvalue weighted by Crippen LogP contribution is -2.28. The third-order valence-corrected chi connectivity index (χ3v) is 2.63. The van der Waals surface area contributed by atoms with Crippen molar-refractivity contribution in [2.75, 3.05) is 0 Å². The smallest absolute Gasteiger partial charge is 0.0724 e. The molecule has 80 valence electrons. The van der Waals surface area contributed by atoms with Crippen LogP contribution < -0.4 is 5.32 Å². The van der Waals surface area contributed by atoms with Crippen molar-refractivity contribution in [3.8, 4) is 0 Å². The van der Waals surface area contributed by atoms with Crippen LogP contribution in [0, 0.1) is 6.92 Å². The third-order valence-electron chi connectivity index (χ3n) is 2.63. The van der Waals surface area contributed by atoms with E-state index in [0.29, 0.717) is 6.04 Å². The molecule has 0 radical (unpaired) electrons. The van der Waals surface area contributed by atoms with Crippen molar-refractivity contribution in [3.63, 3.8) is 0 Å². The second kappa shape index (κ2) is 5.03. The van der Waals surface area contributed by atoms with E-state index in [1.807, 2.05) is 19.3 Å². The molecular weight excluding hydrogens is 186 g/mol. The van der Waals surface area contributed by atoms with E-state index in [1.165, 1.54) is 19.3 Å². The lowest BCUT2D eigenvalue weighted by atomic mass is 10.0. The maximum Gasteiger partial charge on any atom is 0.0724 e. The summed E-state index contributed by atoms with van der Waals surface area (Å²) < 4.78 is 0. The van der Waals surface area contributed by atoms with Gasteiger partial charge in [0.15, 0.2) is 0 Å². The summed E-state index contributed by atoms with van der Waals surface area (Å²) in [5, 5.41) is 3.47. The number of nitrogens with zero attached hydrogens (tertiary/aromatic N) is 2. The highest BCUT2D eigenvalue weighted by Crippen LogP contribution is 2.10. The molecule has 0 spiro atoms. The molecule has 2 rings (SSSR count). The van der Waals surface area contributed by atoms with Gasteiger partial charge in [0.25, 0.3) is 0 Å². The summed E-state index contributed by atoms with van der Waals surface area (Å²) in [6.07, 6.45) is 11.9. The van der Waals surface area contributed by atoms with Gasteiger partial charge in [-0.05, 0) is 26.2 Å². The Kier molecular flexibility index (Phi) is 3.45. The Morgan fingerprint density at radius 1 is 1.40 bits per heavy atom. The Labute approximate surface area is 90.6 Å².